The van der Waals surface area contributed by atoms with Crippen molar-refractivity contribution in [3.05, 3.63) is 48.0 Å². The van der Waals surface area contributed by atoms with Crippen molar-refractivity contribution in [2.45, 2.75) is 32.7 Å². The van der Waals surface area contributed by atoms with Crippen LogP contribution in [0.1, 0.15) is 25.8 Å². The Morgan fingerprint density at radius 2 is 1.97 bits per heavy atom. The van der Waals surface area contributed by atoms with Crippen LogP contribution in [0.4, 0.5) is 5.69 Å². The van der Waals surface area contributed by atoms with Crippen LogP contribution in [0.3, 0.4) is 0 Å². The summed E-state index contributed by atoms with van der Waals surface area (Å²) in [5, 5.41) is 1.11. The number of likely N-dealkylation sites (N-methyl/N-ethyl adjacent to an activating group) is 1. The Bertz CT molecular complexity index is 1080. The topological polar surface area (TPSA) is 65.6 Å². The van der Waals surface area contributed by atoms with Gasteiger partial charge in [0.05, 0.1) is 11.4 Å². The maximum Gasteiger partial charge on any atom is 0.259 e. The molecule has 2 aromatic carbocycles. The fraction of sp³-hybridized carbons (Fsp3) is 0.333. The molecule has 156 valence electrons. The van der Waals surface area contributed by atoms with Gasteiger partial charge in [-0.25, -0.2) is 0 Å². The van der Waals surface area contributed by atoms with Crippen LogP contribution in [0.15, 0.2) is 42.5 Å². The third-order valence-electron chi connectivity index (χ3n) is 5.75. The Hall–Kier alpha value is -3.28. The van der Waals surface area contributed by atoms with E-state index in [0.29, 0.717) is 5.75 Å². The molecule has 0 radical (unpaired) electrons. The number of aromatic amines is 1. The van der Waals surface area contributed by atoms with Crippen molar-refractivity contribution in [3.8, 4) is 17.0 Å². The van der Waals surface area contributed by atoms with Crippen molar-refractivity contribution in [1.29, 1.82) is 0 Å². The molecule has 2 heterocycles. The zero-order chi connectivity index (χ0) is 21.4. The Kier molecular flexibility index (Phi) is 5.24. The molecule has 30 heavy (non-hydrogen) atoms. The normalized spacial score (nSPS) is 15.7. The van der Waals surface area contributed by atoms with Crippen LogP contribution in [-0.2, 0) is 16.0 Å². The highest BCUT2D eigenvalue weighted by Gasteiger charge is 2.30. The highest BCUT2D eigenvalue weighted by molar-refractivity contribution is 5.96. The molecule has 0 bridgehead atoms. The van der Waals surface area contributed by atoms with E-state index in [1.807, 2.05) is 35.2 Å². The Morgan fingerprint density at radius 3 is 2.67 bits per heavy atom. The number of carbonyl (C=O) groups is 2. The molecule has 0 aliphatic carbocycles. The van der Waals surface area contributed by atoms with E-state index in [1.54, 1.807) is 21.0 Å². The van der Waals surface area contributed by atoms with E-state index in [0.717, 1.165) is 46.3 Å². The SMILES string of the molecule is CC(=O)N1c2ccc(-c3cc4ccccc4[nH]3)c(OCC(=O)N(C)C)c2CC[C@@H]1C. The highest BCUT2D eigenvalue weighted by atomic mass is 16.5. The Balaban J connectivity index is 1.85. The first kappa shape index (κ1) is 20.0. The van der Waals surface area contributed by atoms with Gasteiger partial charge in [-0.1, -0.05) is 18.2 Å². The van der Waals surface area contributed by atoms with Crippen LogP contribution in [0.25, 0.3) is 22.2 Å². The molecule has 1 aliphatic heterocycles. The summed E-state index contributed by atoms with van der Waals surface area (Å²) in [4.78, 5) is 31.4. The molecule has 6 nitrogen and oxygen atoms in total. The van der Waals surface area contributed by atoms with Crippen molar-refractivity contribution in [1.82, 2.24) is 9.88 Å². The molecule has 0 saturated heterocycles. The van der Waals surface area contributed by atoms with Crippen molar-refractivity contribution < 1.29 is 14.3 Å². The zero-order valence-electron chi connectivity index (χ0n) is 17.9. The van der Waals surface area contributed by atoms with Gasteiger partial charge in [-0.05, 0) is 44.0 Å². The molecule has 1 aliphatic rings. The van der Waals surface area contributed by atoms with Crippen LogP contribution in [0.5, 0.6) is 5.75 Å². The summed E-state index contributed by atoms with van der Waals surface area (Å²) in [6, 6.07) is 14.3. The quantitative estimate of drug-likeness (QED) is 0.714. The van der Waals surface area contributed by atoms with Crippen molar-refractivity contribution in [3.63, 3.8) is 0 Å². The second kappa shape index (κ2) is 7.86. The maximum absolute atomic E-state index is 12.3. The minimum absolute atomic E-state index is 0.0112. The molecule has 1 N–H and O–H groups in total. The predicted molar refractivity (Wildman–Crippen MR) is 119 cm³/mol. The lowest BCUT2D eigenvalue weighted by atomic mass is 9.92. The summed E-state index contributed by atoms with van der Waals surface area (Å²) >= 11 is 0. The number of nitrogens with zero attached hydrogens (tertiary/aromatic N) is 2. The zero-order valence-corrected chi connectivity index (χ0v) is 17.9. The van der Waals surface area contributed by atoms with Crippen LogP contribution in [0, 0.1) is 0 Å². The number of rotatable bonds is 4. The van der Waals surface area contributed by atoms with Crippen LogP contribution in [0.2, 0.25) is 0 Å². The van der Waals surface area contributed by atoms with E-state index in [-0.39, 0.29) is 24.5 Å². The van der Waals surface area contributed by atoms with Gasteiger partial charge in [0.15, 0.2) is 6.61 Å². The summed E-state index contributed by atoms with van der Waals surface area (Å²) in [6.07, 6.45) is 1.64. The molecule has 6 heteroatoms. The first-order valence-corrected chi connectivity index (χ1v) is 10.2. The number of hydrogen-bond acceptors (Lipinski definition) is 3. The number of H-pyrrole nitrogens is 1. The van der Waals surface area contributed by atoms with Gasteiger partial charge in [0.2, 0.25) is 5.91 Å². The number of benzene rings is 2. The monoisotopic (exact) mass is 405 g/mol. The molecule has 2 amide bonds. The molecule has 1 aromatic heterocycles. The maximum atomic E-state index is 12.3. The summed E-state index contributed by atoms with van der Waals surface area (Å²) in [5.74, 6) is 0.576. The summed E-state index contributed by atoms with van der Waals surface area (Å²) < 4.78 is 6.12. The predicted octanol–water partition coefficient (Wildman–Crippen LogP) is 3.99. The standard InChI is InChI=1S/C24H27N3O3/c1-15-9-10-19-22(27(15)16(2)28)12-11-18(24(19)30-14-23(29)26(3)4)21-13-17-7-5-6-8-20(17)25-21/h5-8,11-13,15,25H,9-10,14H2,1-4H3/t15-/m0/s1. The smallest absolute Gasteiger partial charge is 0.259 e. The first-order valence-electron chi connectivity index (χ1n) is 10.2. The van der Waals surface area contributed by atoms with E-state index in [1.165, 1.54) is 4.90 Å². The van der Waals surface area contributed by atoms with Gasteiger partial charge in [0.1, 0.15) is 5.75 Å². The molecular weight excluding hydrogens is 378 g/mol. The molecule has 0 fully saturated rings. The minimum Gasteiger partial charge on any atom is -0.483 e. The van der Waals surface area contributed by atoms with E-state index < -0.39 is 0 Å². The molecule has 0 spiro atoms. The Morgan fingerprint density at radius 1 is 1.20 bits per heavy atom. The second-order valence-electron chi connectivity index (χ2n) is 8.06. The third kappa shape index (κ3) is 3.54. The van der Waals surface area contributed by atoms with E-state index >= 15 is 0 Å². The second-order valence-corrected chi connectivity index (χ2v) is 8.06. The number of fused-ring (bicyclic) bond motifs is 2. The van der Waals surface area contributed by atoms with E-state index in [2.05, 4.69) is 24.0 Å². The van der Waals surface area contributed by atoms with Crippen LogP contribution < -0.4 is 9.64 Å². The number of anilines is 1. The van der Waals surface area contributed by atoms with Crippen molar-refractivity contribution in [2.75, 3.05) is 25.6 Å². The van der Waals surface area contributed by atoms with E-state index in [4.69, 9.17) is 4.74 Å². The van der Waals surface area contributed by atoms with Gasteiger partial charge in [0, 0.05) is 49.1 Å². The molecule has 0 saturated carbocycles. The fourth-order valence-corrected chi connectivity index (χ4v) is 4.14. The van der Waals surface area contributed by atoms with E-state index in [9.17, 15) is 9.59 Å². The molecule has 0 unspecified atom stereocenters. The number of aromatic nitrogens is 1. The Labute approximate surface area is 176 Å². The van der Waals surface area contributed by atoms with Crippen molar-refractivity contribution in [2.24, 2.45) is 0 Å². The van der Waals surface area contributed by atoms with Gasteiger partial charge >= 0.3 is 0 Å². The van der Waals surface area contributed by atoms with Crippen molar-refractivity contribution >= 4 is 28.4 Å². The largest absolute Gasteiger partial charge is 0.483 e. The minimum atomic E-state index is -0.109. The van der Waals surface area contributed by atoms with Gasteiger partial charge in [-0.15, -0.1) is 0 Å². The third-order valence-corrected chi connectivity index (χ3v) is 5.75. The number of hydrogen-bond donors (Lipinski definition) is 1. The van der Waals surface area contributed by atoms with Gasteiger partial charge < -0.3 is 19.5 Å². The van der Waals surface area contributed by atoms with Gasteiger partial charge in [0.25, 0.3) is 5.91 Å². The number of carbonyl (C=O) groups excluding carboxylic acids is 2. The average Bonchev–Trinajstić information content (AvgIpc) is 3.14. The molecule has 4 rings (SSSR count). The number of para-hydroxylation sites is 1. The van der Waals surface area contributed by atoms with Gasteiger partial charge in [-0.2, -0.15) is 0 Å². The fourth-order valence-electron chi connectivity index (χ4n) is 4.14. The molecule has 3 aromatic rings. The number of nitrogens with one attached hydrogen (secondary N) is 1. The number of ether oxygens (including phenoxy) is 1. The summed E-state index contributed by atoms with van der Waals surface area (Å²) in [7, 11) is 3.42. The number of amides is 2. The lowest BCUT2D eigenvalue weighted by Gasteiger charge is -2.36. The van der Waals surface area contributed by atoms with Gasteiger partial charge in [-0.3, -0.25) is 9.59 Å². The van der Waals surface area contributed by atoms with Crippen LogP contribution >= 0.6 is 0 Å². The summed E-state index contributed by atoms with van der Waals surface area (Å²) in [5.41, 5.74) is 4.72. The van der Waals surface area contributed by atoms with Crippen LogP contribution in [-0.4, -0.2) is 48.4 Å². The lowest BCUT2D eigenvalue weighted by Crippen LogP contribution is -2.41. The molecular formula is C24H27N3O3. The highest BCUT2D eigenvalue weighted by Crippen LogP contribution is 2.43. The first-order chi connectivity index (χ1) is 14.4. The molecule has 1 atom stereocenters. The summed E-state index contributed by atoms with van der Waals surface area (Å²) in [6.45, 7) is 3.60. The average molecular weight is 405 g/mol. The lowest BCUT2D eigenvalue weighted by molar-refractivity contribution is -0.130.